The molecule has 0 saturated heterocycles. The minimum absolute atomic E-state index is 0.0670. The first kappa shape index (κ1) is 27.9. The largest absolute Gasteiger partial charge is 0.489 e. The number of nitrogens with zero attached hydrogens (tertiary/aromatic N) is 1. The Bertz CT molecular complexity index is 1470. The van der Waals surface area contributed by atoms with Crippen molar-refractivity contribution in [3.8, 4) is 5.75 Å². The Morgan fingerprint density at radius 1 is 0.975 bits per heavy atom. The van der Waals surface area contributed by atoms with E-state index in [1.807, 2.05) is 30.3 Å². The number of para-hydroxylation sites is 1. The summed E-state index contributed by atoms with van der Waals surface area (Å²) in [4.78, 5) is 14.7. The summed E-state index contributed by atoms with van der Waals surface area (Å²) in [5.74, 6) is 0.660. The SMILES string of the molecule is COC(=O)c1cccc(C2C[C@@H](CN(COC(C)(C)C)[C@H](C)c3cccc4ccccc34)Oc3ccccc32)c1. The van der Waals surface area contributed by atoms with E-state index in [4.69, 9.17) is 14.2 Å². The van der Waals surface area contributed by atoms with Crippen LogP contribution in [0.2, 0.25) is 0 Å². The molecule has 0 fully saturated rings. The maximum Gasteiger partial charge on any atom is 0.337 e. The van der Waals surface area contributed by atoms with E-state index < -0.39 is 0 Å². The van der Waals surface area contributed by atoms with E-state index in [-0.39, 0.29) is 29.6 Å². The molecule has 208 valence electrons. The van der Waals surface area contributed by atoms with Crippen molar-refractivity contribution in [2.45, 2.75) is 57.8 Å². The van der Waals surface area contributed by atoms with Gasteiger partial charge in [-0.05, 0) is 74.2 Å². The number of carbonyl (C=O) groups excluding carboxylic acids is 1. The molecule has 1 heterocycles. The van der Waals surface area contributed by atoms with Crippen molar-refractivity contribution in [1.82, 2.24) is 4.90 Å². The molecule has 0 spiro atoms. The number of rotatable bonds is 8. The summed E-state index contributed by atoms with van der Waals surface area (Å²) >= 11 is 0. The highest BCUT2D eigenvalue weighted by Gasteiger charge is 2.32. The van der Waals surface area contributed by atoms with Crippen LogP contribution in [0, 0.1) is 0 Å². The van der Waals surface area contributed by atoms with Gasteiger partial charge in [0.05, 0.1) is 18.3 Å². The maximum atomic E-state index is 12.3. The van der Waals surface area contributed by atoms with Gasteiger partial charge in [-0.2, -0.15) is 0 Å². The summed E-state index contributed by atoms with van der Waals surface area (Å²) in [5.41, 5.74) is 3.79. The molecule has 40 heavy (non-hydrogen) atoms. The average molecular weight is 538 g/mol. The monoisotopic (exact) mass is 537 g/mol. The number of hydrogen-bond donors (Lipinski definition) is 0. The predicted molar refractivity (Wildman–Crippen MR) is 160 cm³/mol. The fraction of sp³-hybridized carbons (Fsp3) is 0.343. The molecular weight excluding hydrogens is 498 g/mol. The van der Waals surface area contributed by atoms with Crippen LogP contribution in [0.4, 0.5) is 0 Å². The van der Waals surface area contributed by atoms with Crippen LogP contribution in [0.25, 0.3) is 10.8 Å². The quantitative estimate of drug-likeness (QED) is 0.170. The van der Waals surface area contributed by atoms with Gasteiger partial charge in [-0.15, -0.1) is 0 Å². The normalized spacial score (nSPS) is 17.8. The predicted octanol–water partition coefficient (Wildman–Crippen LogP) is 7.75. The first-order valence-corrected chi connectivity index (χ1v) is 14.0. The van der Waals surface area contributed by atoms with Crippen molar-refractivity contribution in [2.75, 3.05) is 20.4 Å². The number of ether oxygens (including phenoxy) is 3. The Morgan fingerprint density at radius 2 is 1.70 bits per heavy atom. The molecule has 5 nitrogen and oxygen atoms in total. The molecule has 4 aromatic rings. The summed E-state index contributed by atoms with van der Waals surface area (Å²) in [7, 11) is 1.42. The van der Waals surface area contributed by atoms with Crippen LogP contribution in [0.5, 0.6) is 5.75 Å². The summed E-state index contributed by atoms with van der Waals surface area (Å²) in [6.07, 6.45) is 0.721. The van der Waals surface area contributed by atoms with Crippen molar-refractivity contribution in [1.29, 1.82) is 0 Å². The Labute approximate surface area is 237 Å². The fourth-order valence-electron chi connectivity index (χ4n) is 5.59. The van der Waals surface area contributed by atoms with Gasteiger partial charge >= 0.3 is 5.97 Å². The lowest BCUT2D eigenvalue weighted by atomic mass is 9.83. The zero-order chi connectivity index (χ0) is 28.3. The molecule has 0 saturated carbocycles. The van der Waals surface area contributed by atoms with Crippen LogP contribution in [0.1, 0.15) is 73.1 Å². The van der Waals surface area contributed by atoms with E-state index in [0.29, 0.717) is 18.8 Å². The van der Waals surface area contributed by atoms with Crippen molar-refractivity contribution in [3.63, 3.8) is 0 Å². The minimum atomic E-state index is -0.326. The molecule has 4 aromatic carbocycles. The molecule has 1 unspecified atom stereocenters. The van der Waals surface area contributed by atoms with Crippen LogP contribution >= 0.6 is 0 Å². The van der Waals surface area contributed by atoms with Crippen LogP contribution in [-0.2, 0) is 9.47 Å². The molecule has 0 aromatic heterocycles. The van der Waals surface area contributed by atoms with Crippen molar-refractivity contribution >= 4 is 16.7 Å². The van der Waals surface area contributed by atoms with E-state index >= 15 is 0 Å². The van der Waals surface area contributed by atoms with Gasteiger partial charge in [-0.3, -0.25) is 4.90 Å². The average Bonchev–Trinajstić information content (AvgIpc) is 2.97. The van der Waals surface area contributed by atoms with E-state index in [0.717, 1.165) is 23.3 Å². The van der Waals surface area contributed by atoms with Gasteiger partial charge < -0.3 is 14.2 Å². The fourth-order valence-corrected chi connectivity index (χ4v) is 5.59. The molecule has 0 amide bonds. The van der Waals surface area contributed by atoms with Gasteiger partial charge in [0.25, 0.3) is 0 Å². The lowest BCUT2D eigenvalue weighted by molar-refractivity contribution is -0.0840. The van der Waals surface area contributed by atoms with Crippen LogP contribution in [-0.4, -0.2) is 43.0 Å². The van der Waals surface area contributed by atoms with Crippen LogP contribution in [0.15, 0.2) is 91.0 Å². The minimum Gasteiger partial charge on any atom is -0.489 e. The molecule has 1 aliphatic rings. The van der Waals surface area contributed by atoms with Crippen molar-refractivity contribution in [2.24, 2.45) is 0 Å². The second-order valence-corrected chi connectivity index (χ2v) is 11.6. The van der Waals surface area contributed by atoms with Gasteiger partial charge in [0, 0.05) is 24.1 Å². The Kier molecular flexibility index (Phi) is 8.24. The molecule has 5 rings (SSSR count). The third-order valence-corrected chi connectivity index (χ3v) is 7.72. The first-order valence-electron chi connectivity index (χ1n) is 14.0. The standard InChI is InChI=1S/C35H39NO4/c1-24(29-18-11-13-25-12-6-7-16-30(25)29)36(23-39-35(2,3)4)22-28-21-32(31-17-8-9-19-33(31)40-28)26-14-10-15-27(20-26)34(37)38-5/h6-20,24,28,32H,21-23H2,1-5H3/t24-,28+,32?/m1/s1. The highest BCUT2D eigenvalue weighted by Crippen LogP contribution is 2.41. The zero-order valence-electron chi connectivity index (χ0n) is 24.1. The number of methoxy groups -OCH3 is 1. The van der Waals surface area contributed by atoms with Gasteiger partial charge in [-0.1, -0.05) is 72.8 Å². The van der Waals surface area contributed by atoms with E-state index in [1.165, 1.54) is 23.4 Å². The van der Waals surface area contributed by atoms with Crippen molar-refractivity contribution in [3.05, 3.63) is 113 Å². The topological polar surface area (TPSA) is 48.0 Å². The van der Waals surface area contributed by atoms with Gasteiger partial charge in [-0.25, -0.2) is 4.79 Å². The van der Waals surface area contributed by atoms with Gasteiger partial charge in [0.15, 0.2) is 0 Å². The molecular formula is C35H39NO4. The maximum absolute atomic E-state index is 12.3. The number of hydrogen-bond acceptors (Lipinski definition) is 5. The summed E-state index contributed by atoms with van der Waals surface area (Å²) in [6.45, 7) is 9.70. The molecule has 0 N–H and O–H groups in total. The van der Waals surface area contributed by atoms with Crippen molar-refractivity contribution < 1.29 is 19.0 Å². The number of carbonyl (C=O) groups is 1. The third-order valence-electron chi connectivity index (χ3n) is 7.72. The molecule has 0 aliphatic carbocycles. The lowest BCUT2D eigenvalue weighted by Crippen LogP contribution is -2.42. The Balaban J connectivity index is 1.47. The summed E-state index contributed by atoms with van der Waals surface area (Å²) in [5, 5.41) is 2.49. The van der Waals surface area contributed by atoms with Crippen LogP contribution < -0.4 is 4.74 Å². The van der Waals surface area contributed by atoms with Crippen LogP contribution in [0.3, 0.4) is 0 Å². The second kappa shape index (κ2) is 11.8. The molecule has 0 bridgehead atoms. The zero-order valence-corrected chi connectivity index (χ0v) is 24.1. The molecule has 1 aliphatic heterocycles. The van der Waals surface area contributed by atoms with Gasteiger partial charge in [0.1, 0.15) is 18.6 Å². The smallest absolute Gasteiger partial charge is 0.337 e. The summed E-state index contributed by atoms with van der Waals surface area (Å²) in [6, 6.07) is 31.2. The first-order chi connectivity index (χ1) is 19.2. The number of benzene rings is 4. The Hall–Kier alpha value is -3.67. The second-order valence-electron chi connectivity index (χ2n) is 11.6. The molecule has 3 atom stereocenters. The number of fused-ring (bicyclic) bond motifs is 2. The molecule has 0 radical (unpaired) electrons. The third kappa shape index (κ3) is 6.22. The van der Waals surface area contributed by atoms with E-state index in [2.05, 4.69) is 87.2 Å². The molecule has 5 heteroatoms. The Morgan fingerprint density at radius 3 is 2.50 bits per heavy atom. The lowest BCUT2D eigenvalue weighted by Gasteiger charge is -2.38. The summed E-state index contributed by atoms with van der Waals surface area (Å²) < 4.78 is 18.0. The van der Waals surface area contributed by atoms with E-state index in [9.17, 15) is 4.79 Å². The van der Waals surface area contributed by atoms with E-state index in [1.54, 1.807) is 6.07 Å². The highest BCUT2D eigenvalue weighted by atomic mass is 16.5. The van der Waals surface area contributed by atoms with Gasteiger partial charge in [0.2, 0.25) is 0 Å². The number of esters is 1. The highest BCUT2D eigenvalue weighted by molar-refractivity contribution is 5.89.